The molecule has 1 heterocycles. The van der Waals surface area contributed by atoms with Crippen LogP contribution in [0.25, 0.3) is 10.6 Å². The van der Waals surface area contributed by atoms with Crippen LogP contribution < -0.4 is 5.32 Å². The molecule has 0 atom stereocenters. The second kappa shape index (κ2) is 8.98. The van der Waals surface area contributed by atoms with Gasteiger partial charge in [-0.25, -0.2) is 4.98 Å². The summed E-state index contributed by atoms with van der Waals surface area (Å²) in [7, 11) is 0. The molecule has 0 radical (unpaired) electrons. The Bertz CT molecular complexity index is 844. The highest BCUT2D eigenvalue weighted by molar-refractivity contribution is 7.17. The number of hydrogen-bond donors (Lipinski definition) is 2. The topological polar surface area (TPSA) is 89.2 Å². The summed E-state index contributed by atoms with van der Waals surface area (Å²) in [5, 5.41) is 22.3. The zero-order chi connectivity index (χ0) is 20.1. The highest BCUT2D eigenvalue weighted by atomic mass is 32.1. The number of thiazole rings is 1. The number of nitriles is 1. The molecule has 0 unspecified atom stereocenters. The van der Waals surface area contributed by atoms with E-state index >= 15 is 0 Å². The Morgan fingerprint density at radius 2 is 2.00 bits per heavy atom. The lowest BCUT2D eigenvalue weighted by molar-refractivity contribution is 0.0942. The van der Waals surface area contributed by atoms with Gasteiger partial charge in [-0.05, 0) is 52.8 Å². The van der Waals surface area contributed by atoms with E-state index in [1.165, 1.54) is 17.4 Å². The zero-order valence-corrected chi connectivity index (χ0v) is 17.2. The summed E-state index contributed by atoms with van der Waals surface area (Å²) >= 11 is 1.29. The van der Waals surface area contributed by atoms with Crippen LogP contribution in [0.4, 0.5) is 0 Å². The van der Waals surface area contributed by atoms with Crippen LogP contribution in [0.5, 0.6) is 5.75 Å². The normalized spacial score (nSPS) is 11.2. The Kier molecular flexibility index (Phi) is 6.94. The number of carbonyl (C=O) groups is 1. The van der Waals surface area contributed by atoms with Crippen LogP contribution in [0.15, 0.2) is 18.2 Å². The van der Waals surface area contributed by atoms with E-state index < -0.39 is 0 Å². The van der Waals surface area contributed by atoms with Gasteiger partial charge in [0.1, 0.15) is 21.7 Å². The predicted molar refractivity (Wildman–Crippen MR) is 108 cm³/mol. The smallest absolute Gasteiger partial charge is 0.263 e. The lowest BCUT2D eigenvalue weighted by Crippen LogP contribution is -2.42. The highest BCUT2D eigenvalue weighted by Gasteiger charge is 2.18. The number of aryl methyl sites for hydroxylation is 1. The number of nitrogens with one attached hydrogen (secondary N) is 1. The number of aromatic hydroxyl groups is 1. The molecular formula is C20H26N4O2S. The van der Waals surface area contributed by atoms with Crippen molar-refractivity contribution in [1.29, 1.82) is 5.26 Å². The van der Waals surface area contributed by atoms with Crippen LogP contribution in [0.3, 0.4) is 0 Å². The molecule has 0 aliphatic rings. The van der Waals surface area contributed by atoms with Gasteiger partial charge in [0.15, 0.2) is 0 Å². The van der Waals surface area contributed by atoms with Crippen LogP contribution in [-0.2, 0) is 0 Å². The number of aromatic nitrogens is 1. The first-order valence-corrected chi connectivity index (χ1v) is 9.81. The van der Waals surface area contributed by atoms with Gasteiger partial charge in [0, 0.05) is 30.7 Å². The Hall–Kier alpha value is -2.43. The molecule has 1 amide bonds. The van der Waals surface area contributed by atoms with Gasteiger partial charge in [0.05, 0.1) is 11.3 Å². The van der Waals surface area contributed by atoms with E-state index in [4.69, 9.17) is 5.26 Å². The molecule has 7 heteroatoms. The minimum atomic E-state index is -0.136. The fourth-order valence-corrected chi connectivity index (χ4v) is 3.96. The third-order valence-electron chi connectivity index (χ3n) is 4.35. The highest BCUT2D eigenvalue weighted by Crippen LogP contribution is 2.30. The lowest BCUT2D eigenvalue weighted by Gasteiger charge is -2.30. The molecule has 1 aromatic heterocycles. The summed E-state index contributed by atoms with van der Waals surface area (Å²) in [5.41, 5.74) is 1.56. The Morgan fingerprint density at radius 1 is 1.33 bits per heavy atom. The van der Waals surface area contributed by atoms with Crippen molar-refractivity contribution in [3.8, 4) is 22.4 Å². The average Bonchev–Trinajstić information content (AvgIpc) is 3.00. The van der Waals surface area contributed by atoms with E-state index in [1.54, 1.807) is 19.1 Å². The first-order valence-electron chi connectivity index (χ1n) is 8.99. The van der Waals surface area contributed by atoms with Crippen molar-refractivity contribution in [2.75, 3.05) is 13.1 Å². The molecule has 0 saturated carbocycles. The summed E-state index contributed by atoms with van der Waals surface area (Å²) in [6, 6.07) is 7.53. The maximum atomic E-state index is 12.6. The van der Waals surface area contributed by atoms with Crippen molar-refractivity contribution >= 4 is 17.2 Å². The van der Waals surface area contributed by atoms with E-state index in [0.717, 1.165) is 6.54 Å². The number of nitrogens with zero attached hydrogens (tertiary/aromatic N) is 3. The standard InChI is InChI=1S/C20H26N4O2S/c1-12(2)24(13(3)4)9-8-22-19(26)18-14(5)23-20(27-18)15-6-7-17(25)16(10-15)11-21/h6-7,10,12-13,25H,8-9H2,1-5H3,(H,22,26). The van der Waals surface area contributed by atoms with E-state index in [2.05, 4.69) is 42.9 Å². The second-order valence-electron chi connectivity index (χ2n) is 6.96. The number of hydrogen-bond acceptors (Lipinski definition) is 6. The molecule has 2 aromatic rings. The second-order valence-corrected chi connectivity index (χ2v) is 7.96. The Morgan fingerprint density at radius 3 is 2.59 bits per heavy atom. The third-order valence-corrected chi connectivity index (χ3v) is 5.55. The predicted octanol–water partition coefficient (Wildman–Crippen LogP) is 3.54. The van der Waals surface area contributed by atoms with Gasteiger partial charge >= 0.3 is 0 Å². The number of carbonyl (C=O) groups excluding carboxylic acids is 1. The Balaban J connectivity index is 2.10. The van der Waals surface area contributed by atoms with Gasteiger partial charge in [-0.3, -0.25) is 9.69 Å². The van der Waals surface area contributed by atoms with Gasteiger partial charge in [0.25, 0.3) is 5.91 Å². The van der Waals surface area contributed by atoms with Crippen LogP contribution >= 0.6 is 11.3 Å². The summed E-state index contributed by atoms with van der Waals surface area (Å²) in [5.74, 6) is -0.199. The molecule has 0 spiro atoms. The number of rotatable bonds is 7. The van der Waals surface area contributed by atoms with Crippen molar-refractivity contribution in [3.63, 3.8) is 0 Å². The summed E-state index contributed by atoms with van der Waals surface area (Å²) in [4.78, 5) is 19.9. The van der Waals surface area contributed by atoms with Crippen LogP contribution in [0, 0.1) is 18.3 Å². The summed E-state index contributed by atoms with van der Waals surface area (Å²) in [6.07, 6.45) is 0. The van der Waals surface area contributed by atoms with Crippen molar-refractivity contribution in [2.24, 2.45) is 0 Å². The van der Waals surface area contributed by atoms with Crippen molar-refractivity contribution in [3.05, 3.63) is 34.3 Å². The van der Waals surface area contributed by atoms with Gasteiger partial charge in [-0.2, -0.15) is 5.26 Å². The van der Waals surface area contributed by atoms with Gasteiger partial charge in [-0.15, -0.1) is 11.3 Å². The first kappa shape index (κ1) is 20.9. The molecule has 27 heavy (non-hydrogen) atoms. The van der Waals surface area contributed by atoms with Gasteiger partial charge < -0.3 is 10.4 Å². The number of phenolic OH excluding ortho intramolecular Hbond substituents is 1. The lowest BCUT2D eigenvalue weighted by atomic mass is 10.1. The minimum absolute atomic E-state index is 0.0626. The molecule has 0 fully saturated rings. The fraction of sp³-hybridized carbons (Fsp3) is 0.450. The van der Waals surface area contributed by atoms with Gasteiger partial charge in [-0.1, -0.05) is 0 Å². The first-order chi connectivity index (χ1) is 12.7. The van der Waals surface area contributed by atoms with Crippen LogP contribution in [0.2, 0.25) is 0 Å². The fourth-order valence-electron chi connectivity index (χ4n) is 2.98. The monoisotopic (exact) mass is 386 g/mol. The number of benzene rings is 1. The van der Waals surface area contributed by atoms with Crippen molar-refractivity contribution in [1.82, 2.24) is 15.2 Å². The van der Waals surface area contributed by atoms with Gasteiger partial charge in [0.2, 0.25) is 0 Å². The molecule has 2 N–H and O–H groups in total. The van der Waals surface area contributed by atoms with Crippen molar-refractivity contribution < 1.29 is 9.90 Å². The molecule has 2 rings (SSSR count). The summed E-state index contributed by atoms with van der Waals surface area (Å²) in [6.45, 7) is 11.7. The maximum Gasteiger partial charge on any atom is 0.263 e. The SMILES string of the molecule is Cc1nc(-c2ccc(O)c(C#N)c2)sc1C(=O)NCCN(C(C)C)C(C)C. The van der Waals surface area contributed by atoms with Crippen LogP contribution in [-0.4, -0.2) is 46.1 Å². The molecule has 144 valence electrons. The largest absolute Gasteiger partial charge is 0.507 e. The number of amides is 1. The van der Waals surface area contributed by atoms with E-state index in [-0.39, 0.29) is 17.2 Å². The quantitative estimate of drug-likeness (QED) is 0.760. The van der Waals surface area contributed by atoms with Crippen molar-refractivity contribution in [2.45, 2.75) is 46.7 Å². The molecule has 0 saturated heterocycles. The molecule has 0 bridgehead atoms. The van der Waals surface area contributed by atoms with E-state index in [9.17, 15) is 9.90 Å². The third kappa shape index (κ3) is 5.06. The molecule has 0 aliphatic heterocycles. The molecule has 0 aliphatic carbocycles. The zero-order valence-electron chi connectivity index (χ0n) is 16.4. The number of phenols is 1. The molecule has 1 aromatic carbocycles. The van der Waals surface area contributed by atoms with Crippen LogP contribution in [0.1, 0.15) is 48.6 Å². The molecule has 6 nitrogen and oxygen atoms in total. The van der Waals surface area contributed by atoms with E-state index in [0.29, 0.717) is 39.8 Å². The Labute approximate surface area is 164 Å². The maximum absolute atomic E-state index is 12.6. The summed E-state index contributed by atoms with van der Waals surface area (Å²) < 4.78 is 0. The minimum Gasteiger partial charge on any atom is -0.507 e. The molecular weight excluding hydrogens is 360 g/mol. The average molecular weight is 387 g/mol. The van der Waals surface area contributed by atoms with E-state index in [1.807, 2.05) is 6.07 Å².